The maximum absolute atomic E-state index is 3.17. The number of nitrogens with one attached hydrogen (secondary N) is 1. The molecule has 1 heteroatoms. The number of rotatable bonds is 4. The van der Waals surface area contributed by atoms with E-state index in [9.17, 15) is 0 Å². The first kappa shape index (κ1) is 8.38. The van der Waals surface area contributed by atoms with Crippen molar-refractivity contribution in [3.8, 4) is 0 Å². The van der Waals surface area contributed by atoms with Crippen LogP contribution >= 0.6 is 0 Å². The second kappa shape index (κ2) is 4.22. The number of H-pyrrole nitrogens is 1. The van der Waals surface area contributed by atoms with E-state index in [1.54, 1.807) is 0 Å². The number of hydrogen-bond acceptors (Lipinski definition) is 0. The van der Waals surface area contributed by atoms with Crippen LogP contribution in [-0.4, -0.2) is 4.98 Å². The highest BCUT2D eigenvalue weighted by molar-refractivity contribution is 5.22. The van der Waals surface area contributed by atoms with Crippen LogP contribution in [0.4, 0.5) is 0 Å². The summed E-state index contributed by atoms with van der Waals surface area (Å²) in [5.41, 5.74) is 2.84. The van der Waals surface area contributed by atoms with Gasteiger partial charge in [-0.15, -0.1) is 0 Å². The maximum atomic E-state index is 3.17. The Balaban J connectivity index is 2.62. The molecule has 0 saturated heterocycles. The lowest BCUT2D eigenvalue weighted by atomic mass is 10.1. The van der Waals surface area contributed by atoms with E-state index < -0.39 is 0 Å². The Kier molecular flexibility index (Phi) is 3.21. The van der Waals surface area contributed by atoms with Gasteiger partial charge in [-0.05, 0) is 24.0 Å². The Labute approximate surface area is 68.8 Å². The summed E-state index contributed by atoms with van der Waals surface area (Å²) in [7, 11) is 0. The van der Waals surface area contributed by atoms with Crippen LogP contribution in [0.5, 0.6) is 0 Å². The summed E-state index contributed by atoms with van der Waals surface area (Å²) in [6, 6.07) is 0. The van der Waals surface area contributed by atoms with Crippen LogP contribution in [0.15, 0.2) is 6.20 Å². The zero-order chi connectivity index (χ0) is 8.10. The van der Waals surface area contributed by atoms with E-state index in [2.05, 4.69) is 31.2 Å². The number of hydrogen-bond donors (Lipinski definition) is 1. The lowest BCUT2D eigenvalue weighted by molar-refractivity contribution is 0.868. The van der Waals surface area contributed by atoms with E-state index in [0.717, 1.165) is 0 Å². The van der Waals surface area contributed by atoms with Crippen LogP contribution in [0.25, 0.3) is 0 Å². The third-order valence-electron chi connectivity index (χ3n) is 1.88. The van der Waals surface area contributed by atoms with Crippen molar-refractivity contribution in [1.82, 2.24) is 4.98 Å². The normalized spacial score (nSPS) is 10.4. The van der Waals surface area contributed by atoms with Gasteiger partial charge in [0.05, 0.1) is 6.20 Å². The van der Waals surface area contributed by atoms with Crippen LogP contribution in [-0.2, 0) is 12.8 Å². The second-order valence-electron chi connectivity index (χ2n) is 2.92. The molecule has 0 aliphatic heterocycles. The van der Waals surface area contributed by atoms with Gasteiger partial charge in [-0.2, -0.15) is 0 Å². The molecule has 0 aromatic carbocycles. The van der Waals surface area contributed by atoms with Crippen molar-refractivity contribution in [3.63, 3.8) is 0 Å². The van der Waals surface area contributed by atoms with Crippen LogP contribution in [0.1, 0.15) is 37.8 Å². The van der Waals surface area contributed by atoms with Crippen LogP contribution in [0.3, 0.4) is 0 Å². The minimum absolute atomic E-state index is 1.17. The monoisotopic (exact) mass is 150 g/mol. The highest BCUT2D eigenvalue weighted by Gasteiger charge is 2.00. The molecule has 61 valence electrons. The van der Waals surface area contributed by atoms with E-state index in [1.807, 2.05) is 0 Å². The van der Waals surface area contributed by atoms with Gasteiger partial charge < -0.3 is 4.98 Å². The van der Waals surface area contributed by atoms with E-state index in [4.69, 9.17) is 0 Å². The fourth-order valence-corrected chi connectivity index (χ4v) is 1.34. The Hall–Kier alpha value is -0.720. The molecule has 1 aromatic heterocycles. The average molecular weight is 150 g/mol. The van der Waals surface area contributed by atoms with Crippen LogP contribution in [0, 0.1) is 6.20 Å². The molecule has 1 N–H and O–H groups in total. The third-order valence-corrected chi connectivity index (χ3v) is 1.88. The van der Waals surface area contributed by atoms with Gasteiger partial charge in [-0.3, -0.25) is 0 Å². The number of aromatic amines is 1. The largest absolute Gasteiger partial charge is 0.359 e. The molecular formula is C10H16N. The summed E-state index contributed by atoms with van der Waals surface area (Å²) >= 11 is 0. The summed E-state index contributed by atoms with van der Waals surface area (Å²) in [6.45, 7) is 4.42. The van der Waals surface area contributed by atoms with E-state index >= 15 is 0 Å². The molecule has 0 aliphatic carbocycles. The van der Waals surface area contributed by atoms with Crippen LogP contribution in [0.2, 0.25) is 0 Å². The zero-order valence-corrected chi connectivity index (χ0v) is 7.41. The smallest absolute Gasteiger partial charge is 0.0657 e. The summed E-state index contributed by atoms with van der Waals surface area (Å²) in [4.78, 5) is 3.04. The zero-order valence-electron chi connectivity index (χ0n) is 7.41. The van der Waals surface area contributed by atoms with Crippen LogP contribution < -0.4 is 0 Å². The van der Waals surface area contributed by atoms with Gasteiger partial charge in [-0.25, -0.2) is 0 Å². The fourth-order valence-electron chi connectivity index (χ4n) is 1.34. The van der Waals surface area contributed by atoms with Crippen molar-refractivity contribution >= 4 is 0 Å². The molecule has 11 heavy (non-hydrogen) atoms. The maximum Gasteiger partial charge on any atom is 0.0657 e. The molecule has 1 heterocycles. The van der Waals surface area contributed by atoms with Crippen molar-refractivity contribution in [2.24, 2.45) is 0 Å². The first-order chi connectivity index (χ1) is 5.38. The molecule has 1 radical (unpaired) electrons. The minimum atomic E-state index is 1.17. The lowest BCUT2D eigenvalue weighted by Crippen LogP contribution is -1.87. The Morgan fingerprint density at radius 1 is 1.27 bits per heavy atom. The lowest BCUT2D eigenvalue weighted by Gasteiger charge is -1.98. The molecule has 0 spiro atoms. The van der Waals surface area contributed by atoms with E-state index in [0.29, 0.717) is 0 Å². The summed E-state index contributed by atoms with van der Waals surface area (Å²) in [6.07, 6.45) is 10.0. The molecule has 0 amide bonds. The standard InChI is InChI=1S/C10H16N/c1-3-5-9-7-11-8-10(9)6-4-2/h7,11H,3-6H2,1-2H3. The van der Waals surface area contributed by atoms with Gasteiger partial charge in [0, 0.05) is 6.20 Å². The van der Waals surface area contributed by atoms with Crippen molar-refractivity contribution in [2.45, 2.75) is 39.5 Å². The fraction of sp³-hybridized carbons (Fsp3) is 0.600. The van der Waals surface area contributed by atoms with Gasteiger partial charge in [0.25, 0.3) is 0 Å². The van der Waals surface area contributed by atoms with E-state index in [1.165, 1.54) is 36.8 Å². The van der Waals surface area contributed by atoms with Gasteiger partial charge in [0.2, 0.25) is 0 Å². The topological polar surface area (TPSA) is 15.8 Å². The Morgan fingerprint density at radius 3 is 2.64 bits per heavy atom. The quantitative estimate of drug-likeness (QED) is 0.679. The number of aromatic nitrogens is 1. The third kappa shape index (κ3) is 2.11. The molecule has 1 rings (SSSR count). The molecule has 0 unspecified atom stereocenters. The van der Waals surface area contributed by atoms with E-state index in [-0.39, 0.29) is 0 Å². The Bertz CT molecular complexity index is 180. The molecular weight excluding hydrogens is 134 g/mol. The first-order valence-electron chi connectivity index (χ1n) is 4.45. The molecule has 0 aliphatic rings. The molecule has 1 nitrogen and oxygen atoms in total. The first-order valence-corrected chi connectivity index (χ1v) is 4.45. The molecule has 0 atom stereocenters. The minimum Gasteiger partial charge on any atom is -0.359 e. The molecule has 0 fully saturated rings. The van der Waals surface area contributed by atoms with Gasteiger partial charge >= 0.3 is 0 Å². The van der Waals surface area contributed by atoms with Gasteiger partial charge in [0.1, 0.15) is 0 Å². The molecule has 1 aromatic rings. The summed E-state index contributed by atoms with van der Waals surface area (Å²) in [5.74, 6) is 0. The highest BCUT2D eigenvalue weighted by Crippen LogP contribution is 2.11. The van der Waals surface area contributed by atoms with Gasteiger partial charge in [0.15, 0.2) is 0 Å². The molecule has 0 bridgehead atoms. The van der Waals surface area contributed by atoms with Crippen molar-refractivity contribution in [2.75, 3.05) is 0 Å². The predicted octanol–water partition coefficient (Wildman–Crippen LogP) is 2.72. The van der Waals surface area contributed by atoms with Crippen molar-refractivity contribution < 1.29 is 0 Å². The average Bonchev–Trinajstić information content (AvgIpc) is 2.39. The predicted molar refractivity (Wildman–Crippen MR) is 47.6 cm³/mol. The number of aryl methyl sites for hydroxylation is 2. The SMILES string of the molecule is CCCc1[c][nH]cc1CCC. The molecule has 0 saturated carbocycles. The van der Waals surface area contributed by atoms with Crippen molar-refractivity contribution in [1.29, 1.82) is 0 Å². The summed E-state index contributed by atoms with van der Waals surface area (Å²) in [5, 5.41) is 0. The van der Waals surface area contributed by atoms with Gasteiger partial charge in [-0.1, -0.05) is 26.7 Å². The Morgan fingerprint density at radius 2 is 2.00 bits per heavy atom. The highest BCUT2D eigenvalue weighted by atomic mass is 14.6. The van der Waals surface area contributed by atoms with Crippen molar-refractivity contribution in [3.05, 3.63) is 23.5 Å². The second-order valence-corrected chi connectivity index (χ2v) is 2.92. The summed E-state index contributed by atoms with van der Waals surface area (Å²) < 4.78 is 0.